The van der Waals surface area contributed by atoms with Crippen LogP contribution in [0.1, 0.15) is 11.3 Å². The minimum absolute atomic E-state index is 0.204. The number of nitrogens with one attached hydrogen (secondary N) is 1. The van der Waals surface area contributed by atoms with Crippen LogP contribution in [0, 0.1) is 18.6 Å². The van der Waals surface area contributed by atoms with Crippen LogP contribution in [0.3, 0.4) is 0 Å². The van der Waals surface area contributed by atoms with Gasteiger partial charge >= 0.3 is 0 Å². The normalized spacial score (nSPS) is 14.8. The van der Waals surface area contributed by atoms with Gasteiger partial charge in [0.25, 0.3) is 0 Å². The summed E-state index contributed by atoms with van der Waals surface area (Å²) in [6.07, 6.45) is 0. The first kappa shape index (κ1) is 19.3. The van der Waals surface area contributed by atoms with Gasteiger partial charge in [-0.25, -0.2) is 13.8 Å². The number of nitrogens with zero attached hydrogens (tertiary/aromatic N) is 4. The van der Waals surface area contributed by atoms with Gasteiger partial charge in [0, 0.05) is 44.5 Å². The van der Waals surface area contributed by atoms with Crippen LogP contribution in [0.25, 0.3) is 0 Å². The predicted molar refractivity (Wildman–Crippen MR) is 110 cm³/mol. The molecule has 150 valence electrons. The number of rotatable bonds is 5. The molecule has 0 bridgehead atoms. The third-order valence-corrected chi connectivity index (χ3v) is 4.96. The molecular weight excluding hydrogens is 372 g/mol. The largest absolute Gasteiger partial charge is 0.338 e. The lowest BCUT2D eigenvalue weighted by molar-refractivity contribution is 0.248. The first-order chi connectivity index (χ1) is 14.1. The standard InChI is InChI=1S/C22H23F2N5/c1-16-14-20(26-21-18(23)8-5-9-19(21)24)27-22(25-16)29-12-10-28(11-13-29)15-17-6-3-2-4-7-17/h2-9,14H,10-13,15H2,1H3,(H,25,26,27). The van der Waals surface area contributed by atoms with Crippen LogP contribution in [0.5, 0.6) is 0 Å². The molecule has 1 N–H and O–H groups in total. The molecule has 0 unspecified atom stereocenters. The van der Waals surface area contributed by atoms with Gasteiger partial charge in [0.2, 0.25) is 5.95 Å². The summed E-state index contributed by atoms with van der Waals surface area (Å²) < 4.78 is 27.9. The highest BCUT2D eigenvalue weighted by molar-refractivity contribution is 5.59. The van der Waals surface area contributed by atoms with Crippen molar-refractivity contribution in [2.45, 2.75) is 13.5 Å². The van der Waals surface area contributed by atoms with Crippen LogP contribution >= 0.6 is 0 Å². The van der Waals surface area contributed by atoms with Crippen molar-refractivity contribution >= 4 is 17.5 Å². The number of aryl methyl sites for hydroxylation is 1. The maximum Gasteiger partial charge on any atom is 0.227 e. The molecule has 2 aromatic carbocycles. The van der Waals surface area contributed by atoms with Crippen molar-refractivity contribution in [3.05, 3.63) is 77.5 Å². The van der Waals surface area contributed by atoms with Gasteiger partial charge in [-0.05, 0) is 24.6 Å². The predicted octanol–water partition coefficient (Wildman–Crippen LogP) is 4.13. The summed E-state index contributed by atoms with van der Waals surface area (Å²) >= 11 is 0. The zero-order chi connectivity index (χ0) is 20.2. The summed E-state index contributed by atoms with van der Waals surface area (Å²) in [5.41, 5.74) is 1.83. The van der Waals surface area contributed by atoms with Gasteiger partial charge in [0.1, 0.15) is 23.1 Å². The maximum atomic E-state index is 14.0. The fourth-order valence-corrected chi connectivity index (χ4v) is 3.45. The van der Waals surface area contributed by atoms with Crippen molar-refractivity contribution < 1.29 is 8.78 Å². The lowest BCUT2D eigenvalue weighted by atomic mass is 10.2. The molecular formula is C22H23F2N5. The van der Waals surface area contributed by atoms with E-state index in [1.807, 2.05) is 13.0 Å². The van der Waals surface area contributed by atoms with Crippen molar-refractivity contribution in [2.24, 2.45) is 0 Å². The van der Waals surface area contributed by atoms with Gasteiger partial charge < -0.3 is 10.2 Å². The zero-order valence-corrected chi connectivity index (χ0v) is 16.3. The quantitative estimate of drug-likeness (QED) is 0.704. The minimum Gasteiger partial charge on any atom is -0.338 e. The summed E-state index contributed by atoms with van der Waals surface area (Å²) in [6, 6.07) is 15.8. The Balaban J connectivity index is 1.44. The number of hydrogen-bond acceptors (Lipinski definition) is 5. The van der Waals surface area contributed by atoms with Crippen LogP contribution in [-0.2, 0) is 6.54 Å². The van der Waals surface area contributed by atoms with Crippen LogP contribution in [0.15, 0.2) is 54.6 Å². The van der Waals surface area contributed by atoms with E-state index >= 15 is 0 Å². The Kier molecular flexibility index (Phi) is 5.67. The van der Waals surface area contributed by atoms with E-state index in [2.05, 4.69) is 49.4 Å². The van der Waals surface area contributed by atoms with Gasteiger partial charge in [-0.1, -0.05) is 36.4 Å². The zero-order valence-electron chi connectivity index (χ0n) is 16.3. The van der Waals surface area contributed by atoms with Crippen molar-refractivity contribution in [2.75, 3.05) is 36.4 Å². The molecule has 1 aliphatic rings. The molecule has 1 fully saturated rings. The average molecular weight is 395 g/mol. The number of halogens is 2. The molecule has 0 radical (unpaired) electrons. The summed E-state index contributed by atoms with van der Waals surface area (Å²) in [5.74, 6) is -0.360. The highest BCUT2D eigenvalue weighted by atomic mass is 19.1. The summed E-state index contributed by atoms with van der Waals surface area (Å²) in [6.45, 7) is 6.16. The highest BCUT2D eigenvalue weighted by Crippen LogP contribution is 2.24. The Morgan fingerprint density at radius 1 is 0.897 bits per heavy atom. The Labute approximate surface area is 169 Å². The monoisotopic (exact) mass is 395 g/mol. The molecule has 1 saturated heterocycles. The van der Waals surface area contributed by atoms with Gasteiger partial charge in [-0.15, -0.1) is 0 Å². The van der Waals surface area contributed by atoms with Crippen LogP contribution in [-0.4, -0.2) is 41.0 Å². The van der Waals surface area contributed by atoms with Crippen LogP contribution in [0.2, 0.25) is 0 Å². The molecule has 1 aromatic heterocycles. The molecule has 4 rings (SSSR count). The van der Waals surface area contributed by atoms with E-state index in [1.165, 1.54) is 23.8 Å². The second-order valence-electron chi connectivity index (χ2n) is 7.17. The minimum atomic E-state index is -0.655. The van der Waals surface area contributed by atoms with E-state index in [9.17, 15) is 8.78 Å². The molecule has 1 aliphatic heterocycles. The third kappa shape index (κ3) is 4.68. The van der Waals surface area contributed by atoms with Gasteiger partial charge in [0.05, 0.1) is 0 Å². The van der Waals surface area contributed by atoms with Gasteiger partial charge in [-0.3, -0.25) is 4.90 Å². The first-order valence-electron chi connectivity index (χ1n) is 9.66. The highest BCUT2D eigenvalue weighted by Gasteiger charge is 2.20. The molecule has 5 nitrogen and oxygen atoms in total. The molecule has 0 aliphatic carbocycles. The van der Waals surface area contributed by atoms with Gasteiger partial charge in [-0.2, -0.15) is 4.98 Å². The average Bonchev–Trinajstić information content (AvgIpc) is 2.72. The fraction of sp³-hybridized carbons (Fsp3) is 0.273. The van der Waals surface area contributed by atoms with E-state index in [-0.39, 0.29) is 5.69 Å². The van der Waals surface area contributed by atoms with E-state index in [1.54, 1.807) is 6.07 Å². The third-order valence-electron chi connectivity index (χ3n) is 4.96. The molecule has 0 spiro atoms. The van der Waals surface area contributed by atoms with Crippen molar-refractivity contribution in [3.63, 3.8) is 0 Å². The Hall–Kier alpha value is -3.06. The molecule has 0 saturated carbocycles. The number of hydrogen-bond donors (Lipinski definition) is 1. The number of anilines is 3. The topological polar surface area (TPSA) is 44.3 Å². The Morgan fingerprint density at radius 3 is 2.28 bits per heavy atom. The first-order valence-corrected chi connectivity index (χ1v) is 9.66. The smallest absolute Gasteiger partial charge is 0.227 e. The van der Waals surface area contributed by atoms with E-state index in [0.29, 0.717) is 11.8 Å². The Morgan fingerprint density at radius 2 is 1.59 bits per heavy atom. The molecule has 7 heteroatoms. The second kappa shape index (κ2) is 8.53. The van der Waals surface area contributed by atoms with E-state index in [0.717, 1.165) is 38.4 Å². The lowest BCUT2D eigenvalue weighted by Crippen LogP contribution is -2.46. The van der Waals surface area contributed by atoms with Crippen molar-refractivity contribution in [1.29, 1.82) is 0 Å². The SMILES string of the molecule is Cc1cc(Nc2c(F)cccc2F)nc(N2CCN(Cc3ccccc3)CC2)n1. The molecule has 0 amide bonds. The number of piperazine rings is 1. The van der Waals surface area contributed by atoms with E-state index < -0.39 is 11.6 Å². The molecule has 29 heavy (non-hydrogen) atoms. The number of para-hydroxylation sites is 1. The number of benzene rings is 2. The summed E-state index contributed by atoms with van der Waals surface area (Å²) in [7, 11) is 0. The maximum absolute atomic E-state index is 14.0. The number of aromatic nitrogens is 2. The molecule has 3 aromatic rings. The molecule has 0 atom stereocenters. The Bertz CT molecular complexity index is 952. The van der Waals surface area contributed by atoms with E-state index in [4.69, 9.17) is 0 Å². The van der Waals surface area contributed by atoms with Crippen LogP contribution in [0.4, 0.5) is 26.2 Å². The molecule has 2 heterocycles. The van der Waals surface area contributed by atoms with Gasteiger partial charge in [0.15, 0.2) is 0 Å². The fourth-order valence-electron chi connectivity index (χ4n) is 3.45. The van der Waals surface area contributed by atoms with Crippen molar-refractivity contribution in [3.8, 4) is 0 Å². The van der Waals surface area contributed by atoms with Crippen LogP contribution < -0.4 is 10.2 Å². The summed E-state index contributed by atoms with van der Waals surface area (Å²) in [5, 5.41) is 2.76. The van der Waals surface area contributed by atoms with Crippen molar-refractivity contribution in [1.82, 2.24) is 14.9 Å². The second-order valence-corrected chi connectivity index (χ2v) is 7.17. The lowest BCUT2D eigenvalue weighted by Gasteiger charge is -2.35. The summed E-state index contributed by atoms with van der Waals surface area (Å²) in [4.78, 5) is 13.5.